The quantitative estimate of drug-likeness (QED) is 0.898. The summed E-state index contributed by atoms with van der Waals surface area (Å²) in [4.78, 5) is 11.9. The molecule has 0 saturated carbocycles. The van der Waals surface area contributed by atoms with Crippen molar-refractivity contribution >= 4 is 5.91 Å². The van der Waals surface area contributed by atoms with E-state index in [1.54, 1.807) is 10.9 Å². The van der Waals surface area contributed by atoms with Gasteiger partial charge in [-0.05, 0) is 37.6 Å². The van der Waals surface area contributed by atoms with Gasteiger partial charge in [0.1, 0.15) is 0 Å². The molecule has 1 atom stereocenters. The van der Waals surface area contributed by atoms with Gasteiger partial charge in [-0.2, -0.15) is 5.10 Å². The molecular formula is C14H16FN3O2. The molecule has 20 heavy (non-hydrogen) atoms. The van der Waals surface area contributed by atoms with Crippen LogP contribution in [0.4, 0.5) is 4.39 Å². The summed E-state index contributed by atoms with van der Waals surface area (Å²) in [5.41, 5.74) is 1.26. The predicted molar refractivity (Wildman–Crippen MR) is 72.1 cm³/mol. The average molecular weight is 277 g/mol. The Morgan fingerprint density at radius 1 is 1.55 bits per heavy atom. The lowest BCUT2D eigenvalue weighted by molar-refractivity contribution is 0.0947. The van der Waals surface area contributed by atoms with Crippen LogP contribution in [0.25, 0.3) is 0 Å². The number of phenolic OH excluding ortho intramolecular Hbond substituents is 1. The Morgan fingerprint density at radius 3 is 2.90 bits per heavy atom. The zero-order chi connectivity index (χ0) is 14.7. The van der Waals surface area contributed by atoms with E-state index in [0.29, 0.717) is 6.54 Å². The second-order valence-corrected chi connectivity index (χ2v) is 4.72. The Hall–Kier alpha value is -2.37. The number of hydrogen-bond donors (Lipinski definition) is 2. The maximum Gasteiger partial charge on any atom is 0.251 e. The molecule has 1 amide bonds. The van der Waals surface area contributed by atoms with Crippen molar-refractivity contribution in [1.82, 2.24) is 15.1 Å². The van der Waals surface area contributed by atoms with Crippen LogP contribution in [0.1, 0.15) is 28.9 Å². The number of aromatic nitrogens is 2. The fourth-order valence-corrected chi connectivity index (χ4v) is 1.76. The average Bonchev–Trinajstić information content (AvgIpc) is 2.85. The Balaban J connectivity index is 1.96. The van der Waals surface area contributed by atoms with Crippen molar-refractivity contribution in [3.05, 3.63) is 47.5 Å². The van der Waals surface area contributed by atoms with E-state index in [4.69, 9.17) is 0 Å². The number of aryl methyl sites for hydroxylation is 1. The molecule has 106 valence electrons. The highest BCUT2D eigenvalue weighted by molar-refractivity contribution is 5.94. The zero-order valence-electron chi connectivity index (χ0n) is 11.3. The van der Waals surface area contributed by atoms with Gasteiger partial charge in [-0.1, -0.05) is 0 Å². The Kier molecular flexibility index (Phi) is 4.02. The van der Waals surface area contributed by atoms with Gasteiger partial charge in [-0.15, -0.1) is 0 Å². The molecule has 0 aliphatic rings. The minimum atomic E-state index is -0.748. The summed E-state index contributed by atoms with van der Waals surface area (Å²) in [6, 6.07) is 3.49. The first-order valence-electron chi connectivity index (χ1n) is 6.25. The normalized spacial score (nSPS) is 12.2. The van der Waals surface area contributed by atoms with E-state index in [9.17, 15) is 14.3 Å². The van der Waals surface area contributed by atoms with Crippen LogP contribution >= 0.6 is 0 Å². The molecule has 1 aromatic carbocycles. The standard InChI is InChI=1S/C14H16FN3O2/c1-9-6-17-18(8-9)10(2)7-16-14(20)11-3-4-12(15)13(19)5-11/h3-6,8,10,19H,7H2,1-2H3,(H,16,20)/t10-/m0/s1. The predicted octanol–water partition coefficient (Wildman–Crippen LogP) is 2.03. The maximum atomic E-state index is 12.9. The van der Waals surface area contributed by atoms with Gasteiger partial charge in [-0.3, -0.25) is 9.48 Å². The molecule has 0 spiro atoms. The van der Waals surface area contributed by atoms with Gasteiger partial charge in [0.2, 0.25) is 0 Å². The molecule has 2 rings (SSSR count). The highest BCUT2D eigenvalue weighted by Crippen LogP contribution is 2.16. The van der Waals surface area contributed by atoms with Gasteiger partial charge in [0, 0.05) is 18.3 Å². The molecule has 0 aliphatic heterocycles. The first-order chi connectivity index (χ1) is 9.47. The second-order valence-electron chi connectivity index (χ2n) is 4.72. The van der Waals surface area contributed by atoms with Crippen LogP contribution in [0.5, 0.6) is 5.75 Å². The van der Waals surface area contributed by atoms with E-state index in [-0.39, 0.29) is 17.5 Å². The maximum absolute atomic E-state index is 12.9. The third-order valence-corrected chi connectivity index (χ3v) is 2.95. The van der Waals surface area contributed by atoms with E-state index in [0.717, 1.165) is 17.7 Å². The van der Waals surface area contributed by atoms with E-state index < -0.39 is 11.6 Å². The molecule has 6 heteroatoms. The molecular weight excluding hydrogens is 261 g/mol. The number of hydrogen-bond acceptors (Lipinski definition) is 3. The summed E-state index contributed by atoms with van der Waals surface area (Å²) in [6.07, 6.45) is 3.64. The highest BCUT2D eigenvalue weighted by Gasteiger charge is 2.11. The van der Waals surface area contributed by atoms with Crippen LogP contribution in [0.15, 0.2) is 30.6 Å². The number of rotatable bonds is 4. The van der Waals surface area contributed by atoms with E-state index >= 15 is 0 Å². The summed E-state index contributed by atoms with van der Waals surface area (Å²) in [5.74, 6) is -1.65. The summed E-state index contributed by atoms with van der Waals surface area (Å²) < 4.78 is 14.7. The summed E-state index contributed by atoms with van der Waals surface area (Å²) in [6.45, 7) is 4.25. The first-order valence-corrected chi connectivity index (χ1v) is 6.25. The van der Waals surface area contributed by atoms with Crippen LogP contribution in [-0.4, -0.2) is 27.3 Å². The van der Waals surface area contributed by atoms with E-state index in [1.165, 1.54) is 6.07 Å². The Morgan fingerprint density at radius 2 is 2.30 bits per heavy atom. The number of halogens is 1. The van der Waals surface area contributed by atoms with Gasteiger partial charge >= 0.3 is 0 Å². The number of carbonyl (C=O) groups excluding carboxylic acids is 1. The minimum Gasteiger partial charge on any atom is -0.505 e. The molecule has 5 nitrogen and oxygen atoms in total. The van der Waals surface area contributed by atoms with Crippen LogP contribution in [-0.2, 0) is 0 Å². The van der Waals surface area contributed by atoms with Crippen LogP contribution in [0, 0.1) is 12.7 Å². The van der Waals surface area contributed by atoms with Gasteiger partial charge in [0.25, 0.3) is 5.91 Å². The number of amides is 1. The van der Waals surface area contributed by atoms with Crippen molar-refractivity contribution in [2.45, 2.75) is 19.9 Å². The van der Waals surface area contributed by atoms with Crippen molar-refractivity contribution < 1.29 is 14.3 Å². The minimum absolute atomic E-state index is 0.00157. The SMILES string of the molecule is Cc1cnn([C@@H](C)CNC(=O)c2ccc(F)c(O)c2)c1. The summed E-state index contributed by atoms with van der Waals surface area (Å²) >= 11 is 0. The van der Waals surface area contributed by atoms with E-state index in [1.807, 2.05) is 20.0 Å². The smallest absolute Gasteiger partial charge is 0.251 e. The van der Waals surface area contributed by atoms with E-state index in [2.05, 4.69) is 10.4 Å². The Bertz CT molecular complexity index is 625. The molecule has 0 radical (unpaired) electrons. The Labute approximate surface area is 116 Å². The molecule has 0 saturated heterocycles. The van der Waals surface area contributed by atoms with Crippen LogP contribution < -0.4 is 5.32 Å². The summed E-state index contributed by atoms with van der Waals surface area (Å²) in [7, 11) is 0. The molecule has 0 fully saturated rings. The lowest BCUT2D eigenvalue weighted by Crippen LogP contribution is -2.29. The third kappa shape index (κ3) is 3.14. The number of phenols is 1. The molecule has 0 bridgehead atoms. The van der Waals surface area contributed by atoms with Gasteiger partial charge < -0.3 is 10.4 Å². The summed E-state index contributed by atoms with van der Waals surface area (Å²) in [5, 5.41) is 16.1. The van der Waals surface area contributed by atoms with Crippen molar-refractivity contribution in [3.63, 3.8) is 0 Å². The van der Waals surface area contributed by atoms with Gasteiger partial charge in [0.15, 0.2) is 11.6 Å². The van der Waals surface area contributed by atoms with Crippen molar-refractivity contribution in [1.29, 1.82) is 0 Å². The monoisotopic (exact) mass is 277 g/mol. The number of carbonyl (C=O) groups is 1. The highest BCUT2D eigenvalue weighted by atomic mass is 19.1. The lowest BCUT2D eigenvalue weighted by atomic mass is 10.2. The zero-order valence-corrected chi connectivity index (χ0v) is 11.3. The third-order valence-electron chi connectivity index (χ3n) is 2.95. The molecule has 2 N–H and O–H groups in total. The number of nitrogens with zero attached hydrogens (tertiary/aromatic N) is 2. The van der Waals surface area contributed by atoms with Gasteiger partial charge in [0.05, 0.1) is 12.2 Å². The van der Waals surface area contributed by atoms with Crippen molar-refractivity contribution in [3.8, 4) is 5.75 Å². The topological polar surface area (TPSA) is 67.2 Å². The van der Waals surface area contributed by atoms with Crippen LogP contribution in [0.2, 0.25) is 0 Å². The lowest BCUT2D eigenvalue weighted by Gasteiger charge is -2.13. The van der Waals surface area contributed by atoms with Gasteiger partial charge in [-0.25, -0.2) is 4.39 Å². The second kappa shape index (κ2) is 5.73. The van der Waals surface area contributed by atoms with Crippen LogP contribution in [0.3, 0.4) is 0 Å². The molecule has 0 unspecified atom stereocenters. The molecule has 2 aromatic rings. The fraction of sp³-hybridized carbons (Fsp3) is 0.286. The fourth-order valence-electron chi connectivity index (χ4n) is 1.76. The largest absolute Gasteiger partial charge is 0.505 e. The molecule has 1 heterocycles. The first kappa shape index (κ1) is 14.0. The van der Waals surface area contributed by atoms with Crippen molar-refractivity contribution in [2.24, 2.45) is 0 Å². The molecule has 0 aliphatic carbocycles. The molecule has 1 aromatic heterocycles. The number of nitrogens with one attached hydrogen (secondary N) is 1. The number of benzene rings is 1. The number of aromatic hydroxyl groups is 1. The van der Waals surface area contributed by atoms with Crippen molar-refractivity contribution in [2.75, 3.05) is 6.54 Å².